The van der Waals surface area contributed by atoms with Gasteiger partial charge in [0.15, 0.2) is 11.5 Å². The molecule has 0 bridgehead atoms. The van der Waals surface area contributed by atoms with E-state index in [0.717, 1.165) is 0 Å². The molecule has 1 fully saturated rings. The Morgan fingerprint density at radius 3 is 2.63 bits per heavy atom. The van der Waals surface area contributed by atoms with Gasteiger partial charge in [-0.2, -0.15) is 0 Å². The standard InChI is InChI=1S/C14H18O5/c1-17-13-11(19-8-9-4-3-5-9)7-6-10(12(13)15)14(16)18-2/h6-7,9,15H,3-5,8H2,1-2H3. The molecule has 1 saturated carbocycles. The van der Waals surface area contributed by atoms with Crippen LogP contribution in [0.15, 0.2) is 12.1 Å². The Morgan fingerprint density at radius 2 is 2.11 bits per heavy atom. The molecule has 1 aliphatic carbocycles. The maximum absolute atomic E-state index is 11.5. The first-order valence-corrected chi connectivity index (χ1v) is 6.28. The molecule has 19 heavy (non-hydrogen) atoms. The van der Waals surface area contributed by atoms with Crippen molar-refractivity contribution >= 4 is 5.97 Å². The molecule has 0 amide bonds. The summed E-state index contributed by atoms with van der Waals surface area (Å²) >= 11 is 0. The average Bonchev–Trinajstić information content (AvgIpc) is 2.36. The van der Waals surface area contributed by atoms with E-state index in [1.165, 1.54) is 39.5 Å². The van der Waals surface area contributed by atoms with E-state index in [0.29, 0.717) is 18.3 Å². The number of rotatable bonds is 5. The van der Waals surface area contributed by atoms with E-state index < -0.39 is 5.97 Å². The van der Waals surface area contributed by atoms with Crippen LogP contribution in [0.4, 0.5) is 0 Å². The Labute approximate surface area is 112 Å². The van der Waals surface area contributed by atoms with Gasteiger partial charge < -0.3 is 19.3 Å². The molecule has 0 radical (unpaired) electrons. The van der Waals surface area contributed by atoms with Crippen LogP contribution < -0.4 is 9.47 Å². The van der Waals surface area contributed by atoms with Crippen LogP contribution in [0.3, 0.4) is 0 Å². The van der Waals surface area contributed by atoms with Crippen molar-refractivity contribution < 1.29 is 24.1 Å². The second-order valence-corrected chi connectivity index (χ2v) is 4.59. The highest BCUT2D eigenvalue weighted by atomic mass is 16.5. The van der Waals surface area contributed by atoms with E-state index in [1.807, 2.05) is 0 Å². The summed E-state index contributed by atoms with van der Waals surface area (Å²) in [6.07, 6.45) is 3.60. The van der Waals surface area contributed by atoms with Crippen LogP contribution in [0.1, 0.15) is 29.6 Å². The molecular weight excluding hydrogens is 248 g/mol. The van der Waals surface area contributed by atoms with Gasteiger partial charge in [0.05, 0.1) is 20.8 Å². The maximum Gasteiger partial charge on any atom is 0.341 e. The molecule has 0 aliphatic heterocycles. The van der Waals surface area contributed by atoms with Gasteiger partial charge in [-0.1, -0.05) is 6.42 Å². The van der Waals surface area contributed by atoms with Crippen molar-refractivity contribution in [2.75, 3.05) is 20.8 Å². The van der Waals surface area contributed by atoms with Crippen molar-refractivity contribution in [3.63, 3.8) is 0 Å². The average molecular weight is 266 g/mol. The van der Waals surface area contributed by atoms with Crippen LogP contribution in [-0.4, -0.2) is 31.9 Å². The van der Waals surface area contributed by atoms with Crippen LogP contribution >= 0.6 is 0 Å². The van der Waals surface area contributed by atoms with Gasteiger partial charge in [0, 0.05) is 0 Å². The first-order chi connectivity index (χ1) is 9.17. The Morgan fingerprint density at radius 1 is 1.37 bits per heavy atom. The number of aromatic hydroxyl groups is 1. The number of benzene rings is 1. The van der Waals surface area contributed by atoms with E-state index in [4.69, 9.17) is 9.47 Å². The minimum atomic E-state index is -0.610. The summed E-state index contributed by atoms with van der Waals surface area (Å²) in [5.41, 5.74) is 0.0651. The number of ether oxygens (including phenoxy) is 3. The number of methoxy groups -OCH3 is 2. The summed E-state index contributed by atoms with van der Waals surface area (Å²) in [5.74, 6) is 0.329. The summed E-state index contributed by atoms with van der Waals surface area (Å²) in [5, 5.41) is 10.0. The highest BCUT2D eigenvalue weighted by Gasteiger charge is 2.22. The van der Waals surface area contributed by atoms with Crippen LogP contribution in [-0.2, 0) is 4.74 Å². The van der Waals surface area contributed by atoms with Gasteiger partial charge in [-0.3, -0.25) is 0 Å². The molecule has 5 heteroatoms. The zero-order chi connectivity index (χ0) is 13.8. The molecule has 2 rings (SSSR count). The lowest BCUT2D eigenvalue weighted by molar-refractivity contribution is 0.0596. The van der Waals surface area contributed by atoms with Gasteiger partial charge in [0.1, 0.15) is 5.56 Å². The second-order valence-electron chi connectivity index (χ2n) is 4.59. The fraction of sp³-hybridized carbons (Fsp3) is 0.500. The second kappa shape index (κ2) is 5.82. The van der Waals surface area contributed by atoms with E-state index in [9.17, 15) is 9.90 Å². The highest BCUT2D eigenvalue weighted by molar-refractivity contribution is 5.93. The van der Waals surface area contributed by atoms with Crippen molar-refractivity contribution in [1.82, 2.24) is 0 Å². The number of hydrogen-bond donors (Lipinski definition) is 1. The van der Waals surface area contributed by atoms with Crippen molar-refractivity contribution in [3.8, 4) is 17.2 Å². The van der Waals surface area contributed by atoms with Crippen molar-refractivity contribution in [2.45, 2.75) is 19.3 Å². The molecule has 0 unspecified atom stereocenters. The quantitative estimate of drug-likeness (QED) is 0.829. The molecule has 1 aromatic rings. The van der Waals surface area contributed by atoms with Gasteiger partial charge in [0.2, 0.25) is 5.75 Å². The van der Waals surface area contributed by atoms with Crippen LogP contribution in [0.2, 0.25) is 0 Å². The van der Waals surface area contributed by atoms with Crippen LogP contribution in [0, 0.1) is 5.92 Å². The van der Waals surface area contributed by atoms with Crippen LogP contribution in [0.25, 0.3) is 0 Å². The van der Waals surface area contributed by atoms with Gasteiger partial charge in [0.25, 0.3) is 0 Å². The number of phenolic OH excluding ortho intramolecular Hbond substituents is 1. The number of carbonyl (C=O) groups excluding carboxylic acids is 1. The normalized spacial score (nSPS) is 14.6. The fourth-order valence-corrected chi connectivity index (χ4v) is 2.01. The Balaban J connectivity index is 2.18. The minimum Gasteiger partial charge on any atom is -0.504 e. The molecule has 1 aromatic carbocycles. The minimum absolute atomic E-state index is 0.0651. The molecule has 0 spiro atoms. The lowest BCUT2D eigenvalue weighted by Gasteiger charge is -2.25. The van der Waals surface area contributed by atoms with E-state index >= 15 is 0 Å². The predicted octanol–water partition coefficient (Wildman–Crippen LogP) is 2.37. The smallest absolute Gasteiger partial charge is 0.341 e. The monoisotopic (exact) mass is 266 g/mol. The van der Waals surface area contributed by atoms with Gasteiger partial charge in [-0.25, -0.2) is 4.79 Å². The third kappa shape index (κ3) is 2.75. The van der Waals surface area contributed by atoms with Crippen molar-refractivity contribution in [2.24, 2.45) is 5.92 Å². The Kier molecular flexibility index (Phi) is 4.14. The molecule has 104 valence electrons. The van der Waals surface area contributed by atoms with E-state index in [2.05, 4.69) is 4.74 Å². The molecule has 1 aliphatic rings. The Hall–Kier alpha value is -1.91. The summed E-state index contributed by atoms with van der Waals surface area (Å²) in [6.45, 7) is 0.605. The van der Waals surface area contributed by atoms with E-state index in [1.54, 1.807) is 6.07 Å². The predicted molar refractivity (Wildman–Crippen MR) is 68.8 cm³/mol. The van der Waals surface area contributed by atoms with Crippen molar-refractivity contribution in [3.05, 3.63) is 17.7 Å². The lowest BCUT2D eigenvalue weighted by Crippen LogP contribution is -2.19. The number of esters is 1. The summed E-state index contributed by atoms with van der Waals surface area (Å²) in [4.78, 5) is 11.5. The van der Waals surface area contributed by atoms with Crippen molar-refractivity contribution in [1.29, 1.82) is 0 Å². The summed E-state index contributed by atoms with van der Waals surface area (Å²) < 4.78 is 15.3. The molecule has 0 aromatic heterocycles. The molecule has 5 nitrogen and oxygen atoms in total. The number of phenols is 1. The summed E-state index contributed by atoms with van der Waals surface area (Å²) in [7, 11) is 2.68. The molecule has 0 atom stereocenters. The van der Waals surface area contributed by atoms with E-state index in [-0.39, 0.29) is 17.1 Å². The molecule has 0 saturated heterocycles. The fourth-order valence-electron chi connectivity index (χ4n) is 2.01. The van der Waals surface area contributed by atoms with Gasteiger partial charge >= 0.3 is 5.97 Å². The molecular formula is C14H18O5. The lowest BCUT2D eigenvalue weighted by atomic mass is 9.86. The van der Waals surface area contributed by atoms with Gasteiger partial charge in [-0.15, -0.1) is 0 Å². The SMILES string of the molecule is COC(=O)c1ccc(OCC2CCC2)c(OC)c1O. The van der Waals surface area contributed by atoms with Gasteiger partial charge in [-0.05, 0) is 30.9 Å². The maximum atomic E-state index is 11.5. The summed E-state index contributed by atoms with van der Waals surface area (Å²) in [6, 6.07) is 3.09. The first kappa shape index (κ1) is 13.5. The van der Waals surface area contributed by atoms with Crippen LogP contribution in [0.5, 0.6) is 17.2 Å². The zero-order valence-corrected chi connectivity index (χ0v) is 11.1. The Bertz CT molecular complexity index is 465. The highest BCUT2D eigenvalue weighted by Crippen LogP contribution is 2.40. The largest absolute Gasteiger partial charge is 0.504 e. The third-order valence-corrected chi connectivity index (χ3v) is 3.40. The first-order valence-electron chi connectivity index (χ1n) is 6.28. The molecule has 1 N–H and O–H groups in total. The number of hydrogen-bond acceptors (Lipinski definition) is 5. The molecule has 0 heterocycles. The number of carbonyl (C=O) groups is 1. The third-order valence-electron chi connectivity index (χ3n) is 3.40. The zero-order valence-electron chi connectivity index (χ0n) is 11.1. The topological polar surface area (TPSA) is 65.0 Å².